The number of hydrogen-bond donors (Lipinski definition) is 1. The van der Waals surface area contributed by atoms with Crippen molar-refractivity contribution in [3.05, 3.63) is 0 Å². The van der Waals surface area contributed by atoms with Gasteiger partial charge in [-0.3, -0.25) is 4.79 Å². The summed E-state index contributed by atoms with van der Waals surface area (Å²) in [5.41, 5.74) is -4.89. The molecule has 1 rings (SSSR count). The molecule has 5 nitrogen and oxygen atoms in total. The third-order valence-corrected chi connectivity index (χ3v) is 2.67. The van der Waals surface area contributed by atoms with E-state index in [4.69, 9.17) is 0 Å². The van der Waals surface area contributed by atoms with E-state index in [1.165, 1.54) is 27.7 Å². The lowest BCUT2D eigenvalue weighted by atomic mass is 9.93. The van der Waals surface area contributed by atoms with Crippen LogP contribution in [-0.4, -0.2) is 39.9 Å². The van der Waals surface area contributed by atoms with Gasteiger partial charge in [-0.25, -0.2) is 4.74 Å². The number of hydrazone groups is 1. The van der Waals surface area contributed by atoms with E-state index in [2.05, 4.69) is 9.84 Å². The first kappa shape index (κ1) is 17.8. The molecule has 1 N–H and O–H groups in total. The van der Waals surface area contributed by atoms with Crippen LogP contribution in [0.15, 0.2) is 5.10 Å². The molecule has 122 valence electrons. The number of halogens is 5. The van der Waals surface area contributed by atoms with Gasteiger partial charge in [0, 0.05) is 17.5 Å². The van der Waals surface area contributed by atoms with Crippen molar-refractivity contribution in [2.24, 2.45) is 10.5 Å². The normalized spacial score (nSPS) is 24.3. The van der Waals surface area contributed by atoms with E-state index in [1.54, 1.807) is 0 Å². The molecule has 0 aromatic rings. The fourth-order valence-corrected chi connectivity index (χ4v) is 1.70. The maximum absolute atomic E-state index is 13.7. The van der Waals surface area contributed by atoms with Crippen LogP contribution in [0.5, 0.6) is 0 Å². The van der Waals surface area contributed by atoms with E-state index in [-0.39, 0.29) is 10.7 Å². The van der Waals surface area contributed by atoms with Crippen molar-refractivity contribution in [2.45, 2.75) is 52.3 Å². The van der Waals surface area contributed by atoms with Crippen LogP contribution in [0, 0.1) is 5.41 Å². The highest BCUT2D eigenvalue weighted by Crippen LogP contribution is 2.44. The first-order valence-corrected chi connectivity index (χ1v) is 5.86. The molecule has 0 aromatic heterocycles. The zero-order valence-electron chi connectivity index (χ0n) is 11.8. The van der Waals surface area contributed by atoms with Crippen molar-refractivity contribution in [3.8, 4) is 0 Å². The minimum absolute atomic E-state index is 0.0337. The molecule has 1 heterocycles. The molecular formula is C11H15F5N2O3. The van der Waals surface area contributed by atoms with Crippen LogP contribution in [0.3, 0.4) is 0 Å². The predicted octanol–water partition coefficient (Wildman–Crippen LogP) is 2.46. The van der Waals surface area contributed by atoms with Crippen molar-refractivity contribution < 1.29 is 36.6 Å². The van der Waals surface area contributed by atoms with Gasteiger partial charge in [0.1, 0.15) is 0 Å². The molecule has 0 saturated heterocycles. The van der Waals surface area contributed by atoms with Crippen LogP contribution in [-0.2, 0) is 9.53 Å². The van der Waals surface area contributed by atoms with Crippen molar-refractivity contribution in [1.29, 1.82) is 0 Å². The van der Waals surface area contributed by atoms with Crippen LogP contribution >= 0.6 is 0 Å². The molecule has 1 aliphatic heterocycles. The van der Waals surface area contributed by atoms with Gasteiger partial charge in [0.05, 0.1) is 0 Å². The van der Waals surface area contributed by atoms with Crippen molar-refractivity contribution in [2.75, 3.05) is 0 Å². The summed E-state index contributed by atoms with van der Waals surface area (Å²) in [7, 11) is 0. The molecule has 0 fully saturated rings. The Hall–Kier alpha value is -1.29. The van der Waals surface area contributed by atoms with Gasteiger partial charge >= 0.3 is 12.5 Å². The Morgan fingerprint density at radius 1 is 1.29 bits per heavy atom. The molecular weight excluding hydrogens is 303 g/mol. The second-order valence-corrected chi connectivity index (χ2v) is 5.76. The molecule has 10 heteroatoms. The highest BCUT2D eigenvalue weighted by Gasteiger charge is 2.67. The maximum Gasteiger partial charge on any atom is 0.527 e. The second-order valence-electron chi connectivity index (χ2n) is 5.76. The molecule has 0 spiro atoms. The quantitative estimate of drug-likeness (QED) is 0.796. The Labute approximate surface area is 117 Å². The standard InChI is InChI=1S/C11H15F5N2O3/c1-6-5-9(20,10(12,13)21-11(14,15)16)18(17-6)7(19)8(2,3)4/h20H,5H2,1-4H3/t9-/m1/s1. The van der Waals surface area contributed by atoms with E-state index >= 15 is 0 Å². The van der Waals surface area contributed by atoms with Crippen LogP contribution in [0.4, 0.5) is 22.0 Å². The number of amides is 1. The number of nitrogens with zero attached hydrogens (tertiary/aromatic N) is 2. The monoisotopic (exact) mass is 318 g/mol. The predicted molar refractivity (Wildman–Crippen MR) is 61.1 cm³/mol. The van der Waals surface area contributed by atoms with Crippen molar-refractivity contribution in [3.63, 3.8) is 0 Å². The molecule has 1 aliphatic rings. The second kappa shape index (κ2) is 4.87. The fraction of sp³-hybridized carbons (Fsp3) is 0.818. The number of carbonyl (C=O) groups excluding carboxylic acids is 1. The lowest BCUT2D eigenvalue weighted by molar-refractivity contribution is -0.469. The van der Waals surface area contributed by atoms with Gasteiger partial charge in [-0.05, 0) is 6.92 Å². The number of hydrogen-bond acceptors (Lipinski definition) is 4. The highest BCUT2D eigenvalue weighted by molar-refractivity contribution is 5.90. The smallest absolute Gasteiger partial charge is 0.362 e. The maximum atomic E-state index is 13.7. The number of ether oxygens (including phenoxy) is 1. The highest BCUT2D eigenvalue weighted by atomic mass is 19.4. The molecule has 1 atom stereocenters. The lowest BCUT2D eigenvalue weighted by Gasteiger charge is -2.38. The Bertz CT molecular complexity index is 469. The minimum Gasteiger partial charge on any atom is -0.362 e. The zero-order valence-corrected chi connectivity index (χ0v) is 11.8. The molecule has 0 aliphatic carbocycles. The Morgan fingerprint density at radius 2 is 1.76 bits per heavy atom. The Morgan fingerprint density at radius 3 is 2.14 bits per heavy atom. The molecule has 1 amide bonds. The summed E-state index contributed by atoms with van der Waals surface area (Å²) in [5.74, 6) is -1.06. The summed E-state index contributed by atoms with van der Waals surface area (Å²) < 4.78 is 66.4. The van der Waals surface area contributed by atoms with Crippen molar-refractivity contribution in [1.82, 2.24) is 5.01 Å². The average Bonchev–Trinajstić information content (AvgIpc) is 2.49. The average molecular weight is 318 g/mol. The van der Waals surface area contributed by atoms with E-state index in [9.17, 15) is 31.9 Å². The van der Waals surface area contributed by atoms with Crippen LogP contribution in [0.2, 0.25) is 0 Å². The van der Waals surface area contributed by atoms with Gasteiger partial charge in [-0.2, -0.15) is 18.9 Å². The largest absolute Gasteiger partial charge is 0.527 e. The lowest BCUT2D eigenvalue weighted by Crippen LogP contribution is -2.62. The minimum atomic E-state index is -5.69. The van der Waals surface area contributed by atoms with Crippen LogP contribution in [0.25, 0.3) is 0 Å². The number of alkyl halides is 5. The summed E-state index contributed by atoms with van der Waals surface area (Å²) in [6, 6.07) is 0. The third-order valence-electron chi connectivity index (χ3n) is 2.67. The van der Waals surface area contributed by atoms with Gasteiger partial charge in [-0.15, -0.1) is 13.2 Å². The molecule has 0 aromatic carbocycles. The molecule has 0 saturated carbocycles. The fourth-order valence-electron chi connectivity index (χ4n) is 1.70. The first-order valence-electron chi connectivity index (χ1n) is 5.86. The zero-order chi connectivity index (χ0) is 16.9. The molecule has 0 radical (unpaired) electrons. The Kier molecular flexibility index (Phi) is 4.12. The summed E-state index contributed by atoms with van der Waals surface area (Å²) >= 11 is 0. The van der Waals surface area contributed by atoms with Gasteiger partial charge in [-0.1, -0.05) is 20.8 Å². The molecule has 21 heavy (non-hydrogen) atoms. The molecule has 0 bridgehead atoms. The SMILES string of the molecule is CC1=NN(C(=O)C(C)(C)C)[C@](O)(C(F)(F)OC(F)(F)F)C1. The Balaban J connectivity index is 3.22. The summed E-state index contributed by atoms with van der Waals surface area (Å²) in [4.78, 5) is 12.0. The summed E-state index contributed by atoms with van der Waals surface area (Å²) in [6.45, 7) is 5.25. The molecule has 0 unspecified atom stereocenters. The van der Waals surface area contributed by atoms with E-state index in [1.807, 2.05) is 0 Å². The summed E-state index contributed by atoms with van der Waals surface area (Å²) in [5, 5.41) is 13.4. The van der Waals surface area contributed by atoms with Crippen molar-refractivity contribution >= 4 is 11.6 Å². The van der Waals surface area contributed by atoms with Crippen LogP contribution < -0.4 is 0 Å². The summed E-state index contributed by atoms with van der Waals surface area (Å²) in [6.07, 6.45) is -11.7. The van der Waals surface area contributed by atoms with Gasteiger partial charge < -0.3 is 5.11 Å². The van der Waals surface area contributed by atoms with Crippen LogP contribution in [0.1, 0.15) is 34.1 Å². The van der Waals surface area contributed by atoms with Gasteiger partial charge in [0.15, 0.2) is 0 Å². The van der Waals surface area contributed by atoms with Gasteiger partial charge in [0.25, 0.3) is 11.6 Å². The van der Waals surface area contributed by atoms with E-state index in [0.29, 0.717) is 0 Å². The van der Waals surface area contributed by atoms with E-state index in [0.717, 1.165) is 0 Å². The number of aliphatic hydroxyl groups is 1. The topological polar surface area (TPSA) is 62.1 Å². The van der Waals surface area contributed by atoms with E-state index < -0.39 is 35.9 Å². The number of carbonyl (C=O) groups is 1. The van der Waals surface area contributed by atoms with Gasteiger partial charge in [0.2, 0.25) is 0 Å². The number of rotatable bonds is 2. The third kappa shape index (κ3) is 3.49. The first-order chi connectivity index (χ1) is 9.10.